The van der Waals surface area contributed by atoms with Crippen LogP contribution in [0.5, 0.6) is 0 Å². The molecule has 0 aromatic carbocycles. The minimum Gasteiger partial charge on any atom is -0.381 e. The first-order valence-corrected chi connectivity index (χ1v) is 7.98. The van der Waals surface area contributed by atoms with Gasteiger partial charge >= 0.3 is 0 Å². The molecule has 3 heterocycles. The molecule has 0 radical (unpaired) electrons. The Kier molecular flexibility index (Phi) is 4.71. The van der Waals surface area contributed by atoms with Crippen molar-refractivity contribution < 1.29 is 9.53 Å². The van der Waals surface area contributed by atoms with Gasteiger partial charge in [0.2, 0.25) is 5.91 Å². The highest BCUT2D eigenvalue weighted by Gasteiger charge is 2.38. The van der Waals surface area contributed by atoms with Crippen molar-refractivity contribution in [2.75, 3.05) is 25.1 Å². The molecule has 24 heavy (non-hydrogen) atoms. The topological polar surface area (TPSA) is 103 Å². The number of nitrogens with two attached hydrogens (primary N) is 1. The molecule has 0 saturated carbocycles. The summed E-state index contributed by atoms with van der Waals surface area (Å²) in [7, 11) is 0. The van der Waals surface area contributed by atoms with Crippen LogP contribution in [-0.4, -0.2) is 40.6 Å². The highest BCUT2D eigenvalue weighted by molar-refractivity contribution is 5.81. The lowest BCUT2D eigenvalue weighted by Crippen LogP contribution is -2.46. The van der Waals surface area contributed by atoms with Crippen molar-refractivity contribution in [2.45, 2.75) is 19.8 Å². The average molecular weight is 327 g/mol. The van der Waals surface area contributed by atoms with Crippen LogP contribution in [0.3, 0.4) is 0 Å². The van der Waals surface area contributed by atoms with Crippen molar-refractivity contribution in [2.24, 2.45) is 11.1 Å². The molecule has 1 aliphatic heterocycles. The Bertz CT molecular complexity index is 714. The second kappa shape index (κ2) is 6.92. The molecule has 0 bridgehead atoms. The molecule has 2 aromatic rings. The SMILES string of the molecule is Cc1cc(NCC2(C(N)=O)CCOCC2)nc(-c2ccccn2)n1. The van der Waals surface area contributed by atoms with Gasteiger partial charge in [-0.25, -0.2) is 9.97 Å². The summed E-state index contributed by atoms with van der Waals surface area (Å²) in [4.78, 5) is 25.2. The fraction of sp³-hybridized carbons (Fsp3) is 0.412. The van der Waals surface area contributed by atoms with Crippen LogP contribution in [0.2, 0.25) is 0 Å². The predicted octanol–water partition coefficient (Wildman–Crippen LogP) is 1.54. The molecule has 1 saturated heterocycles. The van der Waals surface area contributed by atoms with Gasteiger partial charge < -0.3 is 15.8 Å². The van der Waals surface area contributed by atoms with Crippen molar-refractivity contribution >= 4 is 11.7 Å². The van der Waals surface area contributed by atoms with Gasteiger partial charge in [-0.2, -0.15) is 0 Å². The number of carbonyl (C=O) groups excluding carboxylic acids is 1. The average Bonchev–Trinajstić information content (AvgIpc) is 2.61. The molecule has 1 aliphatic rings. The zero-order valence-corrected chi connectivity index (χ0v) is 13.7. The summed E-state index contributed by atoms with van der Waals surface area (Å²) >= 11 is 0. The number of carbonyl (C=O) groups is 1. The zero-order valence-electron chi connectivity index (χ0n) is 13.7. The largest absolute Gasteiger partial charge is 0.381 e. The first-order valence-electron chi connectivity index (χ1n) is 7.98. The lowest BCUT2D eigenvalue weighted by atomic mass is 9.79. The number of amides is 1. The van der Waals surface area contributed by atoms with Crippen molar-refractivity contribution in [3.63, 3.8) is 0 Å². The van der Waals surface area contributed by atoms with Crippen molar-refractivity contribution in [3.05, 3.63) is 36.2 Å². The molecule has 3 rings (SSSR count). The minimum absolute atomic E-state index is 0.297. The minimum atomic E-state index is -0.595. The first kappa shape index (κ1) is 16.3. The van der Waals surface area contributed by atoms with Crippen LogP contribution in [0.1, 0.15) is 18.5 Å². The molecule has 126 valence electrons. The Morgan fingerprint density at radius 3 is 2.79 bits per heavy atom. The second-order valence-corrected chi connectivity index (χ2v) is 6.04. The third-order valence-electron chi connectivity index (χ3n) is 4.33. The van der Waals surface area contributed by atoms with E-state index >= 15 is 0 Å². The molecule has 2 aromatic heterocycles. The Balaban J connectivity index is 1.80. The van der Waals surface area contributed by atoms with Crippen LogP contribution < -0.4 is 11.1 Å². The van der Waals surface area contributed by atoms with Gasteiger partial charge in [0.1, 0.15) is 11.5 Å². The predicted molar refractivity (Wildman–Crippen MR) is 90.2 cm³/mol. The van der Waals surface area contributed by atoms with E-state index in [2.05, 4.69) is 20.3 Å². The molecule has 7 heteroatoms. The molecule has 3 N–H and O–H groups in total. The number of nitrogens with one attached hydrogen (secondary N) is 1. The van der Waals surface area contributed by atoms with E-state index < -0.39 is 5.41 Å². The van der Waals surface area contributed by atoms with Crippen LogP contribution in [-0.2, 0) is 9.53 Å². The fourth-order valence-electron chi connectivity index (χ4n) is 2.80. The molecule has 0 aliphatic carbocycles. The van der Waals surface area contributed by atoms with Crippen molar-refractivity contribution in [3.8, 4) is 11.5 Å². The Morgan fingerprint density at radius 2 is 2.12 bits per heavy atom. The number of hydrogen-bond acceptors (Lipinski definition) is 6. The molecule has 0 spiro atoms. The first-order chi connectivity index (χ1) is 11.6. The Morgan fingerprint density at radius 1 is 1.33 bits per heavy atom. The Hall–Kier alpha value is -2.54. The van der Waals surface area contributed by atoms with Gasteiger partial charge in [-0.05, 0) is 31.9 Å². The number of hydrogen-bond donors (Lipinski definition) is 2. The summed E-state index contributed by atoms with van der Waals surface area (Å²) < 4.78 is 5.35. The third-order valence-corrected chi connectivity index (χ3v) is 4.33. The van der Waals surface area contributed by atoms with Crippen LogP contribution in [0, 0.1) is 12.3 Å². The molecule has 1 fully saturated rings. The van der Waals surface area contributed by atoms with E-state index in [1.807, 2.05) is 31.2 Å². The van der Waals surface area contributed by atoms with Crippen LogP contribution in [0.25, 0.3) is 11.5 Å². The maximum atomic E-state index is 11.9. The number of primary amides is 1. The van der Waals surface area contributed by atoms with E-state index in [-0.39, 0.29) is 5.91 Å². The monoisotopic (exact) mass is 327 g/mol. The van der Waals surface area contributed by atoms with Crippen molar-refractivity contribution in [1.29, 1.82) is 0 Å². The Labute approximate surface area is 140 Å². The number of aromatic nitrogens is 3. The van der Waals surface area contributed by atoms with Gasteiger partial charge in [0.15, 0.2) is 5.82 Å². The molecule has 0 unspecified atom stereocenters. The number of aryl methyl sites for hydroxylation is 1. The number of ether oxygens (including phenoxy) is 1. The molecule has 1 amide bonds. The zero-order chi connectivity index (χ0) is 17.0. The summed E-state index contributed by atoms with van der Waals surface area (Å²) in [6, 6.07) is 7.45. The number of pyridine rings is 1. The summed E-state index contributed by atoms with van der Waals surface area (Å²) in [6.07, 6.45) is 2.94. The van der Waals surface area contributed by atoms with Crippen LogP contribution in [0.4, 0.5) is 5.82 Å². The van der Waals surface area contributed by atoms with E-state index in [0.29, 0.717) is 49.9 Å². The number of anilines is 1. The van der Waals surface area contributed by atoms with Gasteiger partial charge in [0.25, 0.3) is 0 Å². The quantitative estimate of drug-likeness (QED) is 0.863. The van der Waals surface area contributed by atoms with E-state index in [1.54, 1.807) is 6.20 Å². The number of rotatable bonds is 5. The summed E-state index contributed by atoms with van der Waals surface area (Å²) in [5, 5.41) is 3.25. The summed E-state index contributed by atoms with van der Waals surface area (Å²) in [5.41, 5.74) is 6.58. The van der Waals surface area contributed by atoms with Crippen LogP contribution >= 0.6 is 0 Å². The molecule has 0 atom stereocenters. The normalized spacial score (nSPS) is 16.5. The van der Waals surface area contributed by atoms with E-state index in [4.69, 9.17) is 10.5 Å². The van der Waals surface area contributed by atoms with Gasteiger partial charge in [-0.3, -0.25) is 9.78 Å². The smallest absolute Gasteiger partial charge is 0.225 e. The highest BCUT2D eigenvalue weighted by Crippen LogP contribution is 2.30. The highest BCUT2D eigenvalue weighted by atomic mass is 16.5. The standard InChI is InChI=1S/C17H21N5O2/c1-12-10-14(22-15(21-12)13-4-2-3-7-19-13)20-11-17(16(18)23)5-8-24-9-6-17/h2-4,7,10H,5-6,8-9,11H2,1H3,(H2,18,23)(H,20,21,22). The number of nitrogens with zero attached hydrogens (tertiary/aromatic N) is 3. The fourth-order valence-corrected chi connectivity index (χ4v) is 2.80. The maximum absolute atomic E-state index is 11.9. The van der Waals surface area contributed by atoms with Gasteiger partial charge in [-0.15, -0.1) is 0 Å². The third kappa shape index (κ3) is 3.51. The summed E-state index contributed by atoms with van der Waals surface area (Å²) in [5.74, 6) is 0.919. The van der Waals surface area contributed by atoms with E-state index in [0.717, 1.165) is 5.69 Å². The van der Waals surface area contributed by atoms with Gasteiger partial charge in [0, 0.05) is 37.7 Å². The van der Waals surface area contributed by atoms with E-state index in [1.165, 1.54) is 0 Å². The molecular formula is C17H21N5O2. The van der Waals surface area contributed by atoms with E-state index in [9.17, 15) is 4.79 Å². The van der Waals surface area contributed by atoms with Gasteiger partial charge in [0.05, 0.1) is 5.41 Å². The lowest BCUT2D eigenvalue weighted by molar-refractivity contribution is -0.132. The second-order valence-electron chi connectivity index (χ2n) is 6.04. The summed E-state index contributed by atoms with van der Waals surface area (Å²) in [6.45, 7) is 3.43. The lowest BCUT2D eigenvalue weighted by Gasteiger charge is -2.34. The maximum Gasteiger partial charge on any atom is 0.225 e. The molecular weight excluding hydrogens is 306 g/mol. The van der Waals surface area contributed by atoms with Crippen LogP contribution in [0.15, 0.2) is 30.5 Å². The van der Waals surface area contributed by atoms with Crippen molar-refractivity contribution in [1.82, 2.24) is 15.0 Å². The molecule has 7 nitrogen and oxygen atoms in total. The van der Waals surface area contributed by atoms with Gasteiger partial charge in [-0.1, -0.05) is 6.07 Å².